The van der Waals surface area contributed by atoms with Gasteiger partial charge in [0, 0.05) is 38.3 Å². The zero-order valence-corrected chi connectivity index (χ0v) is 11.9. The highest BCUT2D eigenvalue weighted by Crippen LogP contribution is 2.33. The molecule has 1 aromatic rings. The molecule has 2 fully saturated rings. The standard InChI is InChI=1S/C16H23NO3/c18-15-3-1-14(2-4-15)11-17-7-10-20-13-16(12-17)5-8-19-9-6-16/h1-4,18H,5-13H2. The first kappa shape index (κ1) is 13.9. The second kappa shape index (κ2) is 6.12. The summed E-state index contributed by atoms with van der Waals surface area (Å²) in [6.45, 7) is 6.36. The minimum absolute atomic E-state index is 0.270. The molecule has 2 saturated heterocycles. The number of nitrogens with zero attached hydrogens (tertiary/aromatic N) is 1. The van der Waals surface area contributed by atoms with Crippen molar-refractivity contribution in [1.29, 1.82) is 0 Å². The molecular formula is C16H23NO3. The van der Waals surface area contributed by atoms with Gasteiger partial charge in [-0.3, -0.25) is 4.90 Å². The molecule has 20 heavy (non-hydrogen) atoms. The molecule has 1 aromatic carbocycles. The van der Waals surface area contributed by atoms with Crippen LogP contribution in [0.1, 0.15) is 18.4 Å². The lowest BCUT2D eigenvalue weighted by atomic mass is 9.80. The van der Waals surface area contributed by atoms with Gasteiger partial charge < -0.3 is 14.6 Å². The van der Waals surface area contributed by atoms with E-state index < -0.39 is 0 Å². The van der Waals surface area contributed by atoms with Crippen LogP contribution in [0.15, 0.2) is 24.3 Å². The molecule has 0 bridgehead atoms. The maximum atomic E-state index is 9.36. The van der Waals surface area contributed by atoms with Crippen molar-refractivity contribution in [3.05, 3.63) is 29.8 Å². The predicted molar refractivity (Wildman–Crippen MR) is 76.7 cm³/mol. The smallest absolute Gasteiger partial charge is 0.115 e. The van der Waals surface area contributed by atoms with Gasteiger partial charge in [-0.2, -0.15) is 0 Å². The van der Waals surface area contributed by atoms with Gasteiger partial charge >= 0.3 is 0 Å². The Bertz CT molecular complexity index is 426. The Balaban J connectivity index is 1.67. The fraction of sp³-hybridized carbons (Fsp3) is 0.625. The van der Waals surface area contributed by atoms with Gasteiger partial charge in [0.2, 0.25) is 0 Å². The van der Waals surface area contributed by atoms with E-state index in [-0.39, 0.29) is 5.41 Å². The molecule has 4 nitrogen and oxygen atoms in total. The Labute approximate surface area is 120 Å². The van der Waals surface area contributed by atoms with Crippen molar-refractivity contribution in [2.45, 2.75) is 19.4 Å². The molecule has 0 atom stereocenters. The van der Waals surface area contributed by atoms with E-state index in [9.17, 15) is 5.11 Å². The lowest BCUT2D eigenvalue weighted by molar-refractivity contribution is -0.0320. The molecule has 4 heteroatoms. The van der Waals surface area contributed by atoms with E-state index in [2.05, 4.69) is 4.90 Å². The van der Waals surface area contributed by atoms with E-state index in [1.165, 1.54) is 5.56 Å². The fourth-order valence-electron chi connectivity index (χ4n) is 3.18. The molecule has 1 spiro atoms. The van der Waals surface area contributed by atoms with Gasteiger partial charge in [-0.1, -0.05) is 12.1 Å². The van der Waals surface area contributed by atoms with Gasteiger partial charge in [0.25, 0.3) is 0 Å². The Hall–Kier alpha value is -1.10. The maximum Gasteiger partial charge on any atom is 0.115 e. The van der Waals surface area contributed by atoms with Gasteiger partial charge in [0.15, 0.2) is 0 Å². The molecule has 2 aliphatic rings. The molecule has 0 unspecified atom stereocenters. The monoisotopic (exact) mass is 277 g/mol. The first-order valence-corrected chi connectivity index (χ1v) is 7.42. The fourth-order valence-corrected chi connectivity index (χ4v) is 3.18. The van der Waals surface area contributed by atoms with Gasteiger partial charge in [-0.25, -0.2) is 0 Å². The summed E-state index contributed by atoms with van der Waals surface area (Å²) in [4.78, 5) is 2.48. The molecule has 3 rings (SSSR count). The SMILES string of the molecule is Oc1ccc(CN2CCOCC3(CCOCC3)C2)cc1. The third-order valence-corrected chi connectivity index (χ3v) is 4.42. The Morgan fingerprint density at radius 3 is 2.55 bits per heavy atom. The van der Waals surface area contributed by atoms with Crippen molar-refractivity contribution in [3.63, 3.8) is 0 Å². The van der Waals surface area contributed by atoms with E-state index in [0.717, 1.165) is 58.9 Å². The van der Waals surface area contributed by atoms with Crippen LogP contribution in [0.5, 0.6) is 5.75 Å². The lowest BCUT2D eigenvalue weighted by Crippen LogP contribution is -2.42. The van der Waals surface area contributed by atoms with E-state index in [4.69, 9.17) is 9.47 Å². The van der Waals surface area contributed by atoms with Crippen LogP contribution in [-0.2, 0) is 16.0 Å². The average molecular weight is 277 g/mol. The van der Waals surface area contributed by atoms with Gasteiger partial charge in [-0.15, -0.1) is 0 Å². The number of phenolic OH excluding ortho intramolecular Hbond substituents is 1. The summed E-state index contributed by atoms with van der Waals surface area (Å²) in [6.07, 6.45) is 2.19. The molecule has 2 heterocycles. The number of hydrogen-bond donors (Lipinski definition) is 1. The molecule has 2 aliphatic heterocycles. The molecule has 0 radical (unpaired) electrons. The van der Waals surface area contributed by atoms with Crippen LogP contribution >= 0.6 is 0 Å². The maximum absolute atomic E-state index is 9.36. The normalized spacial score (nSPS) is 23.6. The first-order chi connectivity index (χ1) is 9.76. The summed E-state index contributed by atoms with van der Waals surface area (Å²) in [5.41, 5.74) is 1.51. The van der Waals surface area contributed by atoms with Crippen LogP contribution in [0, 0.1) is 5.41 Å². The largest absolute Gasteiger partial charge is 0.508 e. The second-order valence-electron chi connectivity index (χ2n) is 6.04. The summed E-state index contributed by atoms with van der Waals surface area (Å²) in [5.74, 6) is 0.328. The minimum Gasteiger partial charge on any atom is -0.508 e. The Morgan fingerprint density at radius 2 is 1.80 bits per heavy atom. The van der Waals surface area contributed by atoms with Crippen LogP contribution in [0.3, 0.4) is 0 Å². The summed E-state index contributed by atoms with van der Waals surface area (Å²) < 4.78 is 11.3. The van der Waals surface area contributed by atoms with Gasteiger partial charge in [0.1, 0.15) is 5.75 Å². The summed E-state index contributed by atoms with van der Waals surface area (Å²) >= 11 is 0. The Morgan fingerprint density at radius 1 is 1.05 bits per heavy atom. The third-order valence-electron chi connectivity index (χ3n) is 4.42. The summed E-state index contributed by atoms with van der Waals surface area (Å²) in [6, 6.07) is 7.51. The van der Waals surface area contributed by atoms with Crippen molar-refractivity contribution in [3.8, 4) is 5.75 Å². The molecular weight excluding hydrogens is 254 g/mol. The van der Waals surface area contributed by atoms with Crippen molar-refractivity contribution >= 4 is 0 Å². The molecule has 1 N–H and O–H groups in total. The highest BCUT2D eigenvalue weighted by Gasteiger charge is 2.36. The molecule has 0 saturated carbocycles. The number of hydrogen-bond acceptors (Lipinski definition) is 4. The minimum atomic E-state index is 0.270. The molecule has 0 aromatic heterocycles. The molecule has 0 amide bonds. The summed E-state index contributed by atoms with van der Waals surface area (Å²) in [5, 5.41) is 9.36. The van der Waals surface area contributed by atoms with Crippen LogP contribution in [-0.4, -0.2) is 49.5 Å². The van der Waals surface area contributed by atoms with Crippen LogP contribution in [0.4, 0.5) is 0 Å². The lowest BCUT2D eigenvalue weighted by Gasteiger charge is -2.38. The predicted octanol–water partition coefficient (Wildman–Crippen LogP) is 2.02. The van der Waals surface area contributed by atoms with E-state index in [1.54, 1.807) is 12.1 Å². The van der Waals surface area contributed by atoms with Gasteiger partial charge in [0.05, 0.1) is 13.2 Å². The highest BCUT2D eigenvalue weighted by molar-refractivity contribution is 5.25. The highest BCUT2D eigenvalue weighted by atomic mass is 16.5. The number of aromatic hydroxyl groups is 1. The van der Waals surface area contributed by atoms with Crippen LogP contribution in [0.2, 0.25) is 0 Å². The van der Waals surface area contributed by atoms with Crippen molar-refractivity contribution in [2.24, 2.45) is 5.41 Å². The quantitative estimate of drug-likeness (QED) is 0.898. The summed E-state index contributed by atoms with van der Waals surface area (Å²) in [7, 11) is 0. The van der Waals surface area contributed by atoms with Crippen molar-refractivity contribution in [2.75, 3.05) is 39.5 Å². The van der Waals surface area contributed by atoms with E-state index >= 15 is 0 Å². The first-order valence-electron chi connectivity index (χ1n) is 7.42. The zero-order valence-electron chi connectivity index (χ0n) is 11.9. The number of phenols is 1. The van der Waals surface area contributed by atoms with Crippen molar-refractivity contribution in [1.82, 2.24) is 4.90 Å². The van der Waals surface area contributed by atoms with Gasteiger partial charge in [-0.05, 0) is 30.5 Å². The number of benzene rings is 1. The Kier molecular flexibility index (Phi) is 4.24. The van der Waals surface area contributed by atoms with Crippen LogP contribution in [0.25, 0.3) is 0 Å². The van der Waals surface area contributed by atoms with E-state index in [0.29, 0.717) is 5.75 Å². The molecule has 0 aliphatic carbocycles. The number of rotatable bonds is 2. The van der Waals surface area contributed by atoms with E-state index in [1.807, 2.05) is 12.1 Å². The average Bonchev–Trinajstić information content (AvgIpc) is 2.65. The van der Waals surface area contributed by atoms with Crippen LogP contribution < -0.4 is 0 Å². The second-order valence-corrected chi connectivity index (χ2v) is 6.04. The zero-order chi connectivity index (χ0) is 13.8. The topological polar surface area (TPSA) is 41.9 Å². The van der Waals surface area contributed by atoms with Crippen molar-refractivity contribution < 1.29 is 14.6 Å². The third kappa shape index (κ3) is 3.32. The molecule has 110 valence electrons. The number of ether oxygens (including phenoxy) is 2.